The maximum atomic E-state index is 11.9. The van der Waals surface area contributed by atoms with E-state index in [2.05, 4.69) is 15.8 Å². The van der Waals surface area contributed by atoms with E-state index >= 15 is 0 Å². The molecule has 2 N–H and O–H groups in total. The fraction of sp³-hybridized carbons (Fsp3) is 0.357. The maximum absolute atomic E-state index is 11.9. The third-order valence-corrected chi connectivity index (χ3v) is 3.63. The zero-order chi connectivity index (χ0) is 15.2. The molecule has 0 aliphatic rings. The maximum Gasteiger partial charge on any atom is 0.273 e. The molecule has 0 aromatic carbocycles. The van der Waals surface area contributed by atoms with Gasteiger partial charge in [0.2, 0.25) is 5.91 Å². The minimum atomic E-state index is -0.319. The van der Waals surface area contributed by atoms with Gasteiger partial charge in [0.05, 0.1) is 4.88 Å². The van der Waals surface area contributed by atoms with Crippen LogP contribution in [0.2, 0.25) is 0 Å². The number of hydrogen-bond donors (Lipinski definition) is 2. The van der Waals surface area contributed by atoms with E-state index in [1.807, 2.05) is 31.4 Å². The second kappa shape index (κ2) is 7.03. The molecule has 0 aliphatic carbocycles. The summed E-state index contributed by atoms with van der Waals surface area (Å²) in [5.74, 6) is 0.152. The summed E-state index contributed by atoms with van der Waals surface area (Å²) >= 11 is 1.52. The molecule has 0 aliphatic heterocycles. The van der Waals surface area contributed by atoms with Crippen molar-refractivity contribution in [1.82, 2.24) is 15.8 Å². The molecule has 112 valence electrons. The standard InChI is InChI=1S/C14H17N3O3S/c1-9(2)13(18)15-5-6-16-14(19)10-8-11(20-17-10)12-4-3-7-21-12/h3-4,7-9H,5-6H2,1-2H3,(H,15,18)(H,16,19). The number of aromatic nitrogens is 1. The SMILES string of the molecule is CC(C)C(=O)NCCNC(=O)c1cc(-c2cccs2)on1. The number of hydrogen-bond acceptors (Lipinski definition) is 5. The Hall–Kier alpha value is -2.15. The Morgan fingerprint density at radius 2 is 2.10 bits per heavy atom. The first-order valence-electron chi connectivity index (χ1n) is 6.64. The molecule has 6 nitrogen and oxygen atoms in total. The molecule has 21 heavy (non-hydrogen) atoms. The van der Waals surface area contributed by atoms with Gasteiger partial charge in [0, 0.05) is 25.1 Å². The van der Waals surface area contributed by atoms with Crippen LogP contribution in [0.4, 0.5) is 0 Å². The molecular weight excluding hydrogens is 290 g/mol. The van der Waals surface area contributed by atoms with Crippen molar-refractivity contribution < 1.29 is 14.1 Å². The van der Waals surface area contributed by atoms with Crippen molar-refractivity contribution in [3.63, 3.8) is 0 Å². The zero-order valence-electron chi connectivity index (χ0n) is 11.9. The molecule has 2 heterocycles. The van der Waals surface area contributed by atoms with Gasteiger partial charge in [-0.15, -0.1) is 11.3 Å². The number of nitrogens with one attached hydrogen (secondary N) is 2. The van der Waals surface area contributed by atoms with Crippen LogP contribution in [0, 0.1) is 5.92 Å². The monoisotopic (exact) mass is 307 g/mol. The molecule has 7 heteroatoms. The lowest BCUT2D eigenvalue weighted by Crippen LogP contribution is -2.36. The highest BCUT2D eigenvalue weighted by Gasteiger charge is 2.14. The Balaban J connectivity index is 1.80. The third kappa shape index (κ3) is 4.16. The highest BCUT2D eigenvalue weighted by atomic mass is 32.1. The van der Waals surface area contributed by atoms with E-state index in [0.29, 0.717) is 18.8 Å². The largest absolute Gasteiger partial charge is 0.355 e. The van der Waals surface area contributed by atoms with Gasteiger partial charge in [-0.1, -0.05) is 25.1 Å². The van der Waals surface area contributed by atoms with Crippen LogP contribution in [0.25, 0.3) is 10.6 Å². The lowest BCUT2D eigenvalue weighted by molar-refractivity contribution is -0.123. The molecule has 0 bridgehead atoms. The van der Waals surface area contributed by atoms with Gasteiger partial charge in [-0.05, 0) is 11.4 Å². The summed E-state index contributed by atoms with van der Waals surface area (Å²) < 4.78 is 5.14. The van der Waals surface area contributed by atoms with Crippen molar-refractivity contribution in [3.8, 4) is 10.6 Å². The highest BCUT2D eigenvalue weighted by molar-refractivity contribution is 7.13. The van der Waals surface area contributed by atoms with Crippen LogP contribution in [-0.2, 0) is 4.79 Å². The molecule has 2 aromatic heterocycles. The minimum Gasteiger partial charge on any atom is -0.355 e. The normalized spacial score (nSPS) is 10.6. The number of amides is 2. The molecule has 0 spiro atoms. The molecular formula is C14H17N3O3S. The summed E-state index contributed by atoms with van der Waals surface area (Å²) in [5.41, 5.74) is 0.230. The van der Waals surface area contributed by atoms with Crippen LogP contribution >= 0.6 is 11.3 Å². The van der Waals surface area contributed by atoms with Crippen LogP contribution in [-0.4, -0.2) is 30.1 Å². The van der Waals surface area contributed by atoms with Crippen molar-refractivity contribution in [3.05, 3.63) is 29.3 Å². The first kappa shape index (κ1) is 15.2. The summed E-state index contributed by atoms with van der Waals surface area (Å²) in [6.45, 7) is 4.36. The van der Waals surface area contributed by atoms with Crippen molar-refractivity contribution in [2.24, 2.45) is 5.92 Å². The minimum absolute atomic E-state index is 0.0364. The van der Waals surface area contributed by atoms with Gasteiger partial charge in [0.15, 0.2) is 11.5 Å². The van der Waals surface area contributed by atoms with Crippen LogP contribution in [0.1, 0.15) is 24.3 Å². The first-order chi connectivity index (χ1) is 10.1. The molecule has 0 atom stereocenters. The predicted octanol–water partition coefficient (Wildman–Crippen LogP) is 1.91. The molecule has 0 saturated heterocycles. The molecule has 0 fully saturated rings. The quantitative estimate of drug-likeness (QED) is 0.798. The second-order valence-corrected chi connectivity index (χ2v) is 5.70. The Morgan fingerprint density at radius 3 is 2.76 bits per heavy atom. The van der Waals surface area contributed by atoms with E-state index in [1.165, 1.54) is 11.3 Å². The Morgan fingerprint density at radius 1 is 1.33 bits per heavy atom. The Labute approximate surface area is 126 Å². The number of carbonyl (C=O) groups is 2. The molecule has 0 unspecified atom stereocenters. The number of rotatable bonds is 6. The summed E-state index contributed by atoms with van der Waals surface area (Å²) in [6, 6.07) is 5.40. The second-order valence-electron chi connectivity index (χ2n) is 4.76. The van der Waals surface area contributed by atoms with Crippen LogP contribution in [0.5, 0.6) is 0 Å². The first-order valence-corrected chi connectivity index (χ1v) is 7.52. The predicted molar refractivity (Wildman–Crippen MR) is 80.0 cm³/mol. The van der Waals surface area contributed by atoms with Crippen molar-refractivity contribution >= 4 is 23.2 Å². The van der Waals surface area contributed by atoms with Crippen LogP contribution in [0.3, 0.4) is 0 Å². The van der Waals surface area contributed by atoms with E-state index in [1.54, 1.807) is 6.07 Å². The van der Waals surface area contributed by atoms with E-state index in [4.69, 9.17) is 4.52 Å². The Bertz CT molecular complexity index is 605. The molecule has 0 saturated carbocycles. The summed E-state index contributed by atoms with van der Waals surface area (Å²) in [4.78, 5) is 24.1. The third-order valence-electron chi connectivity index (χ3n) is 2.74. The fourth-order valence-corrected chi connectivity index (χ4v) is 2.25. The average molecular weight is 307 g/mol. The van der Waals surface area contributed by atoms with Gasteiger partial charge in [0.25, 0.3) is 5.91 Å². The number of carbonyl (C=O) groups excluding carboxylic acids is 2. The van der Waals surface area contributed by atoms with Gasteiger partial charge < -0.3 is 15.2 Å². The molecule has 2 rings (SSSR count). The van der Waals surface area contributed by atoms with Gasteiger partial charge in [-0.3, -0.25) is 9.59 Å². The number of nitrogens with zero attached hydrogens (tertiary/aromatic N) is 1. The van der Waals surface area contributed by atoms with Crippen LogP contribution < -0.4 is 10.6 Å². The Kier molecular flexibility index (Phi) is 5.10. The molecule has 2 amide bonds. The fourth-order valence-electron chi connectivity index (χ4n) is 1.57. The van der Waals surface area contributed by atoms with Crippen molar-refractivity contribution in [2.75, 3.05) is 13.1 Å². The van der Waals surface area contributed by atoms with E-state index in [-0.39, 0.29) is 23.4 Å². The zero-order valence-corrected chi connectivity index (χ0v) is 12.7. The van der Waals surface area contributed by atoms with E-state index in [0.717, 1.165) is 4.88 Å². The van der Waals surface area contributed by atoms with Crippen molar-refractivity contribution in [2.45, 2.75) is 13.8 Å². The summed E-state index contributed by atoms with van der Waals surface area (Å²) in [6.07, 6.45) is 0. The lowest BCUT2D eigenvalue weighted by atomic mass is 10.2. The number of thiophene rings is 1. The molecule has 2 aromatic rings. The molecule has 0 radical (unpaired) electrons. The van der Waals surface area contributed by atoms with E-state index < -0.39 is 0 Å². The summed E-state index contributed by atoms with van der Waals surface area (Å²) in [5, 5.41) is 11.1. The van der Waals surface area contributed by atoms with Gasteiger partial charge in [0.1, 0.15) is 0 Å². The summed E-state index contributed by atoms with van der Waals surface area (Å²) in [7, 11) is 0. The van der Waals surface area contributed by atoms with Crippen molar-refractivity contribution in [1.29, 1.82) is 0 Å². The average Bonchev–Trinajstić information content (AvgIpc) is 3.12. The highest BCUT2D eigenvalue weighted by Crippen LogP contribution is 2.24. The van der Waals surface area contributed by atoms with Gasteiger partial charge in [-0.2, -0.15) is 0 Å². The van der Waals surface area contributed by atoms with Gasteiger partial charge >= 0.3 is 0 Å². The van der Waals surface area contributed by atoms with Gasteiger partial charge in [-0.25, -0.2) is 0 Å². The van der Waals surface area contributed by atoms with E-state index in [9.17, 15) is 9.59 Å². The lowest BCUT2D eigenvalue weighted by Gasteiger charge is -2.07. The smallest absolute Gasteiger partial charge is 0.273 e. The topological polar surface area (TPSA) is 84.2 Å². The van der Waals surface area contributed by atoms with Crippen LogP contribution in [0.15, 0.2) is 28.1 Å².